The number of fused-ring (bicyclic) bond motifs is 1. The number of aromatic nitrogens is 2. The van der Waals surface area contributed by atoms with Gasteiger partial charge in [0.15, 0.2) is 0 Å². The molecular formula is C20H27N3O4. The van der Waals surface area contributed by atoms with E-state index >= 15 is 0 Å². The number of nitrogens with one attached hydrogen (secondary N) is 1. The van der Waals surface area contributed by atoms with Crippen LogP contribution in [0.15, 0.2) is 24.4 Å². The molecule has 1 unspecified atom stereocenters. The van der Waals surface area contributed by atoms with Crippen LogP contribution in [0.25, 0.3) is 10.9 Å². The zero-order chi connectivity index (χ0) is 19.4. The maximum Gasteiger partial charge on any atom is 0.410 e. The quantitative estimate of drug-likeness (QED) is 0.813. The van der Waals surface area contributed by atoms with Crippen LogP contribution >= 0.6 is 0 Å². The van der Waals surface area contributed by atoms with Gasteiger partial charge in [0.05, 0.1) is 11.7 Å². The zero-order valence-electron chi connectivity index (χ0n) is 16.1. The first-order valence-corrected chi connectivity index (χ1v) is 9.35. The minimum Gasteiger partial charge on any atom is -0.464 e. The highest BCUT2D eigenvalue weighted by molar-refractivity contribution is 5.78. The second kappa shape index (κ2) is 7.98. The Kier molecular flexibility index (Phi) is 5.68. The van der Waals surface area contributed by atoms with E-state index in [0.717, 1.165) is 29.3 Å². The summed E-state index contributed by atoms with van der Waals surface area (Å²) in [5.41, 5.74) is 1.59. The van der Waals surface area contributed by atoms with Crippen molar-refractivity contribution in [1.82, 2.24) is 15.1 Å². The number of amides is 1. The van der Waals surface area contributed by atoms with Crippen molar-refractivity contribution in [1.29, 1.82) is 0 Å². The van der Waals surface area contributed by atoms with Crippen LogP contribution in [0.3, 0.4) is 0 Å². The van der Waals surface area contributed by atoms with Crippen molar-refractivity contribution in [2.75, 3.05) is 13.1 Å². The van der Waals surface area contributed by atoms with Crippen LogP contribution in [0.4, 0.5) is 4.79 Å². The number of likely N-dealkylation sites (tertiary alicyclic amines) is 1. The third-order valence-electron chi connectivity index (χ3n) is 4.89. The number of piperidine rings is 1. The van der Waals surface area contributed by atoms with E-state index in [4.69, 9.17) is 9.47 Å². The normalized spacial score (nSPS) is 16.9. The minimum absolute atomic E-state index is 0.201. The summed E-state index contributed by atoms with van der Waals surface area (Å²) in [7, 11) is 0. The Labute approximate surface area is 159 Å². The molecule has 0 saturated carbocycles. The Morgan fingerprint density at radius 2 is 2.11 bits per heavy atom. The van der Waals surface area contributed by atoms with Crippen molar-refractivity contribution in [3.8, 4) is 0 Å². The van der Waals surface area contributed by atoms with Gasteiger partial charge in [-0.3, -0.25) is 9.89 Å². The molecule has 1 aromatic carbocycles. The standard InChI is InChI=1S/C20H27N3O4/c1-20(2,3)27-19(25)23-8-6-15(7-9-23)18(26-13-24)11-14-4-5-17-16(10-14)12-21-22-17/h4-5,10,12-13,15,18H,6-9,11H2,1-3H3,(H,21,22). The average molecular weight is 373 g/mol. The molecule has 7 nitrogen and oxygen atoms in total. The van der Waals surface area contributed by atoms with Gasteiger partial charge in [-0.25, -0.2) is 4.79 Å². The number of hydrogen-bond acceptors (Lipinski definition) is 5. The molecule has 1 N–H and O–H groups in total. The summed E-state index contributed by atoms with van der Waals surface area (Å²) in [4.78, 5) is 25.0. The van der Waals surface area contributed by atoms with Crippen LogP contribution in [0, 0.1) is 5.92 Å². The van der Waals surface area contributed by atoms with Crippen molar-refractivity contribution in [2.45, 2.75) is 51.7 Å². The first-order valence-electron chi connectivity index (χ1n) is 9.35. The van der Waals surface area contributed by atoms with Gasteiger partial charge in [-0.05, 0) is 57.2 Å². The molecule has 3 rings (SSSR count). The molecule has 0 bridgehead atoms. The fraction of sp³-hybridized carbons (Fsp3) is 0.550. The van der Waals surface area contributed by atoms with E-state index in [1.54, 1.807) is 11.1 Å². The summed E-state index contributed by atoms with van der Waals surface area (Å²) in [5, 5.41) is 8.01. The second-order valence-electron chi connectivity index (χ2n) is 8.07. The lowest BCUT2D eigenvalue weighted by molar-refractivity contribution is -0.137. The number of nitrogens with zero attached hydrogens (tertiary/aromatic N) is 2. The molecule has 7 heteroatoms. The van der Waals surface area contributed by atoms with E-state index in [0.29, 0.717) is 26.0 Å². The zero-order valence-corrected chi connectivity index (χ0v) is 16.1. The molecule has 0 aliphatic carbocycles. The van der Waals surface area contributed by atoms with Crippen molar-refractivity contribution in [3.05, 3.63) is 30.0 Å². The monoisotopic (exact) mass is 373 g/mol. The number of H-pyrrole nitrogens is 1. The van der Waals surface area contributed by atoms with Crippen LogP contribution in [0.5, 0.6) is 0 Å². The average Bonchev–Trinajstić information content (AvgIpc) is 3.08. The number of ether oxygens (including phenoxy) is 2. The molecule has 0 spiro atoms. The SMILES string of the molecule is CC(C)(C)OC(=O)N1CCC(C(Cc2ccc3[nH]ncc3c2)OC=O)CC1. The van der Waals surface area contributed by atoms with Gasteiger partial charge in [0, 0.05) is 24.9 Å². The smallest absolute Gasteiger partial charge is 0.410 e. The predicted molar refractivity (Wildman–Crippen MR) is 101 cm³/mol. The van der Waals surface area contributed by atoms with E-state index in [1.165, 1.54) is 0 Å². The highest BCUT2D eigenvalue weighted by Crippen LogP contribution is 2.27. The highest BCUT2D eigenvalue weighted by atomic mass is 16.6. The molecule has 1 aliphatic heterocycles. The summed E-state index contributed by atoms with van der Waals surface area (Å²) in [5.74, 6) is 0.217. The number of benzene rings is 1. The van der Waals surface area contributed by atoms with Crippen LogP contribution in [-0.4, -0.2) is 52.5 Å². The molecule has 146 valence electrons. The number of hydrogen-bond donors (Lipinski definition) is 1. The summed E-state index contributed by atoms with van der Waals surface area (Å²) < 4.78 is 10.9. The third kappa shape index (κ3) is 4.99. The molecule has 1 aromatic heterocycles. The van der Waals surface area contributed by atoms with E-state index in [2.05, 4.69) is 16.3 Å². The van der Waals surface area contributed by atoms with E-state index in [-0.39, 0.29) is 18.1 Å². The van der Waals surface area contributed by atoms with Crippen LogP contribution in [0.1, 0.15) is 39.2 Å². The van der Waals surface area contributed by atoms with Gasteiger partial charge in [0.2, 0.25) is 0 Å². The Morgan fingerprint density at radius 3 is 2.78 bits per heavy atom. The van der Waals surface area contributed by atoms with Crippen molar-refractivity contribution >= 4 is 23.5 Å². The van der Waals surface area contributed by atoms with Crippen molar-refractivity contribution < 1.29 is 19.1 Å². The van der Waals surface area contributed by atoms with Gasteiger partial charge in [-0.1, -0.05) is 6.07 Å². The third-order valence-corrected chi connectivity index (χ3v) is 4.89. The highest BCUT2D eigenvalue weighted by Gasteiger charge is 2.31. The number of carbonyl (C=O) groups excluding carboxylic acids is 2. The molecule has 2 aromatic rings. The predicted octanol–water partition coefficient (Wildman–Crippen LogP) is 3.29. The first kappa shape index (κ1) is 19.2. The number of carbonyl (C=O) groups is 2. The van der Waals surface area contributed by atoms with Crippen molar-refractivity contribution in [3.63, 3.8) is 0 Å². The van der Waals surface area contributed by atoms with Gasteiger partial charge < -0.3 is 14.4 Å². The van der Waals surface area contributed by atoms with Gasteiger partial charge in [-0.2, -0.15) is 5.10 Å². The van der Waals surface area contributed by atoms with Gasteiger partial charge in [-0.15, -0.1) is 0 Å². The maximum absolute atomic E-state index is 12.2. The summed E-state index contributed by atoms with van der Waals surface area (Å²) in [6, 6.07) is 6.08. The molecule has 1 saturated heterocycles. The summed E-state index contributed by atoms with van der Waals surface area (Å²) in [6.45, 7) is 7.34. The lowest BCUT2D eigenvalue weighted by Crippen LogP contribution is -2.44. The maximum atomic E-state index is 12.2. The Balaban J connectivity index is 1.60. The molecule has 1 atom stereocenters. The topological polar surface area (TPSA) is 84.5 Å². The fourth-order valence-electron chi connectivity index (χ4n) is 3.53. The Hall–Kier alpha value is -2.57. The molecule has 1 aliphatic rings. The van der Waals surface area contributed by atoms with E-state index < -0.39 is 5.60 Å². The molecule has 1 amide bonds. The van der Waals surface area contributed by atoms with Gasteiger partial charge in [0.25, 0.3) is 6.47 Å². The summed E-state index contributed by atoms with van der Waals surface area (Å²) in [6.07, 6.45) is 3.52. The minimum atomic E-state index is -0.497. The fourth-order valence-corrected chi connectivity index (χ4v) is 3.53. The molecule has 1 fully saturated rings. The number of rotatable bonds is 5. The van der Waals surface area contributed by atoms with Crippen molar-refractivity contribution in [2.24, 2.45) is 5.92 Å². The largest absolute Gasteiger partial charge is 0.464 e. The summed E-state index contributed by atoms with van der Waals surface area (Å²) >= 11 is 0. The molecule has 2 heterocycles. The second-order valence-corrected chi connectivity index (χ2v) is 8.07. The molecule has 0 radical (unpaired) electrons. The first-order chi connectivity index (χ1) is 12.9. The van der Waals surface area contributed by atoms with Crippen LogP contribution < -0.4 is 0 Å². The van der Waals surface area contributed by atoms with Gasteiger partial charge in [0.1, 0.15) is 11.7 Å². The van der Waals surface area contributed by atoms with Gasteiger partial charge >= 0.3 is 6.09 Å². The van der Waals surface area contributed by atoms with Crippen LogP contribution in [0.2, 0.25) is 0 Å². The molecule has 27 heavy (non-hydrogen) atoms. The van der Waals surface area contributed by atoms with E-state index in [9.17, 15) is 9.59 Å². The Morgan fingerprint density at radius 1 is 1.37 bits per heavy atom. The lowest BCUT2D eigenvalue weighted by atomic mass is 9.87. The number of aromatic amines is 1. The van der Waals surface area contributed by atoms with Crippen LogP contribution in [-0.2, 0) is 20.7 Å². The lowest BCUT2D eigenvalue weighted by Gasteiger charge is -2.36. The Bertz CT molecular complexity index is 788. The molecular weight excluding hydrogens is 346 g/mol. The van der Waals surface area contributed by atoms with E-state index in [1.807, 2.05) is 32.9 Å².